The zero-order chi connectivity index (χ0) is 14.5. The van der Waals surface area contributed by atoms with Gasteiger partial charge in [0.05, 0.1) is 4.47 Å². The summed E-state index contributed by atoms with van der Waals surface area (Å²) in [6.07, 6.45) is 2.00. The summed E-state index contributed by atoms with van der Waals surface area (Å²) in [7, 11) is 0. The van der Waals surface area contributed by atoms with Crippen molar-refractivity contribution in [3.63, 3.8) is 0 Å². The second kappa shape index (κ2) is 6.67. The summed E-state index contributed by atoms with van der Waals surface area (Å²) in [6.45, 7) is 0. The number of hydrogen-bond acceptors (Lipinski definition) is 4. The molecule has 0 aliphatic heterocycles. The number of ether oxygens (including phenoxy) is 1. The van der Waals surface area contributed by atoms with Crippen molar-refractivity contribution in [2.75, 3.05) is 6.26 Å². The largest absolute Gasteiger partial charge is 0.455 e. The van der Waals surface area contributed by atoms with Crippen LogP contribution >= 0.6 is 27.7 Å². The second-order valence-electron chi connectivity index (χ2n) is 3.88. The minimum atomic E-state index is 0.0572. The van der Waals surface area contributed by atoms with Crippen molar-refractivity contribution in [1.29, 1.82) is 0 Å². The van der Waals surface area contributed by atoms with E-state index in [9.17, 15) is 0 Å². The smallest absolute Gasteiger partial charge is 0.170 e. The quantitative estimate of drug-likeness (QED) is 0.286. The Balaban J connectivity index is 2.30. The molecule has 0 bridgehead atoms. The van der Waals surface area contributed by atoms with Gasteiger partial charge in [-0.2, -0.15) is 0 Å². The first-order chi connectivity index (χ1) is 9.65. The van der Waals surface area contributed by atoms with Crippen molar-refractivity contribution < 1.29 is 9.94 Å². The summed E-state index contributed by atoms with van der Waals surface area (Å²) in [5, 5.41) is 11.6. The lowest BCUT2D eigenvalue weighted by molar-refractivity contribution is 0.318. The summed E-state index contributed by atoms with van der Waals surface area (Å²) >= 11 is 5.04. The maximum absolute atomic E-state index is 8.67. The van der Waals surface area contributed by atoms with E-state index in [0.29, 0.717) is 11.3 Å². The van der Waals surface area contributed by atoms with Crippen LogP contribution in [0.2, 0.25) is 0 Å². The highest BCUT2D eigenvalue weighted by Crippen LogP contribution is 2.35. The van der Waals surface area contributed by atoms with Crippen LogP contribution in [0, 0.1) is 0 Å². The molecule has 0 heterocycles. The predicted molar refractivity (Wildman–Crippen MR) is 84.9 cm³/mol. The topological polar surface area (TPSA) is 67.8 Å². The van der Waals surface area contributed by atoms with Crippen molar-refractivity contribution in [2.45, 2.75) is 4.90 Å². The lowest BCUT2D eigenvalue weighted by Crippen LogP contribution is -2.12. The molecule has 6 heteroatoms. The Bertz CT molecular complexity index is 647. The molecule has 2 rings (SSSR count). The molecule has 0 fully saturated rings. The number of nitrogens with two attached hydrogens (primary N) is 1. The third-order valence-corrected chi connectivity index (χ3v) is 4.02. The van der Waals surface area contributed by atoms with Crippen molar-refractivity contribution in [3.05, 3.63) is 52.5 Å². The summed E-state index contributed by atoms with van der Waals surface area (Å²) in [5.41, 5.74) is 6.16. The van der Waals surface area contributed by atoms with Gasteiger partial charge in [0.2, 0.25) is 0 Å². The summed E-state index contributed by atoms with van der Waals surface area (Å²) in [4.78, 5) is 1.06. The van der Waals surface area contributed by atoms with Crippen LogP contribution in [0.4, 0.5) is 0 Å². The van der Waals surface area contributed by atoms with Gasteiger partial charge in [-0.15, -0.1) is 11.8 Å². The van der Waals surface area contributed by atoms with Gasteiger partial charge in [0.15, 0.2) is 5.84 Å². The minimum absolute atomic E-state index is 0.0572. The first-order valence-corrected chi connectivity index (χ1v) is 7.76. The Kier molecular flexibility index (Phi) is 4.92. The van der Waals surface area contributed by atoms with Crippen LogP contribution in [0.15, 0.2) is 57.0 Å². The second-order valence-corrected chi connectivity index (χ2v) is 5.59. The van der Waals surface area contributed by atoms with Gasteiger partial charge in [-0.05, 0) is 52.5 Å². The molecule has 0 saturated carbocycles. The number of hydrogen-bond donors (Lipinski definition) is 2. The molecule has 0 aliphatic rings. The van der Waals surface area contributed by atoms with Gasteiger partial charge in [-0.1, -0.05) is 17.3 Å². The fourth-order valence-electron chi connectivity index (χ4n) is 1.62. The molecule has 4 nitrogen and oxygen atoms in total. The van der Waals surface area contributed by atoms with Crippen molar-refractivity contribution in [3.8, 4) is 11.5 Å². The molecule has 0 saturated heterocycles. The molecule has 2 aromatic carbocycles. The number of halogens is 1. The number of para-hydroxylation sites is 1. The molecular weight excluding hydrogens is 340 g/mol. The lowest BCUT2D eigenvalue weighted by Gasteiger charge is -2.11. The number of amidine groups is 1. The Hall–Kier alpha value is -1.66. The Morgan fingerprint density at radius 2 is 2.00 bits per heavy atom. The standard InChI is InChI=1S/C14H13BrN2O2S/c1-20-13-5-3-2-4-12(13)19-11-7-6-9(8-10(11)15)14(16)17-18/h2-8,18H,1H3,(H2,16,17). The van der Waals surface area contributed by atoms with Gasteiger partial charge in [0.25, 0.3) is 0 Å². The molecule has 0 spiro atoms. The first-order valence-electron chi connectivity index (χ1n) is 5.74. The van der Waals surface area contributed by atoms with Crippen LogP contribution in [-0.2, 0) is 0 Å². The van der Waals surface area contributed by atoms with Crippen molar-refractivity contribution in [2.24, 2.45) is 10.9 Å². The fraction of sp³-hybridized carbons (Fsp3) is 0.0714. The van der Waals surface area contributed by atoms with Gasteiger partial charge >= 0.3 is 0 Å². The van der Waals surface area contributed by atoms with E-state index in [4.69, 9.17) is 15.7 Å². The molecule has 20 heavy (non-hydrogen) atoms. The van der Waals surface area contributed by atoms with Gasteiger partial charge in [0, 0.05) is 10.5 Å². The molecule has 0 aliphatic carbocycles. The van der Waals surface area contributed by atoms with Crippen molar-refractivity contribution >= 4 is 33.5 Å². The Labute approximate surface area is 129 Å². The van der Waals surface area contributed by atoms with Crippen LogP contribution in [0.1, 0.15) is 5.56 Å². The Morgan fingerprint density at radius 3 is 2.65 bits per heavy atom. The summed E-state index contributed by atoms with van der Waals surface area (Å²) in [6, 6.07) is 13.1. The summed E-state index contributed by atoms with van der Waals surface area (Å²) in [5.74, 6) is 1.51. The first kappa shape index (κ1) is 14.7. The normalized spacial score (nSPS) is 11.4. The number of thioether (sulfide) groups is 1. The predicted octanol–water partition coefficient (Wildman–Crippen LogP) is 4.06. The number of nitrogens with zero attached hydrogens (tertiary/aromatic N) is 1. The van der Waals surface area contributed by atoms with E-state index in [1.165, 1.54) is 0 Å². The summed E-state index contributed by atoms with van der Waals surface area (Å²) < 4.78 is 6.62. The van der Waals surface area contributed by atoms with Gasteiger partial charge < -0.3 is 15.7 Å². The van der Waals surface area contributed by atoms with Gasteiger partial charge in [-0.3, -0.25) is 0 Å². The van der Waals surface area contributed by atoms with Crippen molar-refractivity contribution in [1.82, 2.24) is 0 Å². The van der Waals surface area contributed by atoms with Gasteiger partial charge in [-0.25, -0.2) is 0 Å². The van der Waals surface area contributed by atoms with Crippen LogP contribution < -0.4 is 10.5 Å². The third kappa shape index (κ3) is 3.26. The average Bonchev–Trinajstić information content (AvgIpc) is 2.49. The molecular formula is C14H13BrN2O2S. The third-order valence-electron chi connectivity index (χ3n) is 2.62. The molecule has 0 amide bonds. The van der Waals surface area contributed by atoms with E-state index < -0.39 is 0 Å². The van der Waals surface area contributed by atoms with E-state index in [-0.39, 0.29) is 5.84 Å². The van der Waals surface area contributed by atoms with E-state index >= 15 is 0 Å². The lowest BCUT2D eigenvalue weighted by atomic mass is 10.2. The van der Waals surface area contributed by atoms with Gasteiger partial charge in [0.1, 0.15) is 11.5 Å². The van der Waals surface area contributed by atoms with E-state index in [1.54, 1.807) is 30.0 Å². The highest BCUT2D eigenvalue weighted by Gasteiger charge is 2.09. The highest BCUT2D eigenvalue weighted by molar-refractivity contribution is 9.10. The average molecular weight is 353 g/mol. The van der Waals surface area contributed by atoms with Crippen LogP contribution in [0.3, 0.4) is 0 Å². The molecule has 104 valence electrons. The maximum atomic E-state index is 8.67. The molecule has 0 aromatic heterocycles. The SMILES string of the molecule is CSc1ccccc1Oc1ccc(/C(N)=N/O)cc1Br. The number of oxime groups is 1. The van der Waals surface area contributed by atoms with Crippen LogP contribution in [0.5, 0.6) is 11.5 Å². The van der Waals surface area contributed by atoms with E-state index in [0.717, 1.165) is 15.1 Å². The molecule has 0 unspecified atom stereocenters. The van der Waals surface area contributed by atoms with E-state index in [1.807, 2.05) is 30.5 Å². The Morgan fingerprint density at radius 1 is 1.25 bits per heavy atom. The fourth-order valence-corrected chi connectivity index (χ4v) is 2.61. The number of benzene rings is 2. The van der Waals surface area contributed by atoms with Crippen LogP contribution in [-0.4, -0.2) is 17.3 Å². The highest BCUT2D eigenvalue weighted by atomic mass is 79.9. The van der Waals surface area contributed by atoms with Crippen LogP contribution in [0.25, 0.3) is 0 Å². The van der Waals surface area contributed by atoms with E-state index in [2.05, 4.69) is 21.1 Å². The maximum Gasteiger partial charge on any atom is 0.170 e. The zero-order valence-electron chi connectivity index (χ0n) is 10.7. The number of rotatable bonds is 4. The molecule has 3 N–H and O–H groups in total. The zero-order valence-corrected chi connectivity index (χ0v) is 13.1. The monoisotopic (exact) mass is 352 g/mol. The molecule has 2 aromatic rings. The minimum Gasteiger partial charge on any atom is -0.455 e. The molecule has 0 radical (unpaired) electrons. The molecule has 0 atom stereocenters.